The Morgan fingerprint density at radius 3 is 2.67 bits per heavy atom. The number of amides is 1. The minimum Gasteiger partial charge on any atom is -0.497 e. The Bertz CT molecular complexity index is 1240. The van der Waals surface area contributed by atoms with Gasteiger partial charge in [0, 0.05) is 30.6 Å². The number of benzene rings is 3. The Kier molecular flexibility index (Phi) is 5.13. The Morgan fingerprint density at radius 1 is 1.13 bits per heavy atom. The van der Waals surface area contributed by atoms with Gasteiger partial charge in [-0.15, -0.1) is 0 Å². The molecule has 0 fully saturated rings. The summed E-state index contributed by atoms with van der Waals surface area (Å²) in [7, 11) is 1.62. The fraction of sp³-hybridized carbons (Fsp3) is 0.0909. The molecule has 0 unspecified atom stereocenters. The molecule has 8 nitrogen and oxygen atoms in total. The third-order valence-electron chi connectivity index (χ3n) is 4.78. The molecule has 0 atom stereocenters. The lowest BCUT2D eigenvalue weighted by molar-refractivity contribution is -0.384. The Hall–Kier alpha value is -4.20. The fourth-order valence-electron chi connectivity index (χ4n) is 3.23. The van der Waals surface area contributed by atoms with Crippen molar-refractivity contribution in [2.75, 3.05) is 7.11 Å². The maximum atomic E-state index is 12.6. The van der Waals surface area contributed by atoms with E-state index in [2.05, 4.69) is 10.3 Å². The van der Waals surface area contributed by atoms with Crippen LogP contribution >= 0.6 is 0 Å². The van der Waals surface area contributed by atoms with Crippen LogP contribution < -0.4 is 10.1 Å². The highest BCUT2D eigenvalue weighted by molar-refractivity contribution is 5.95. The van der Waals surface area contributed by atoms with Crippen molar-refractivity contribution in [2.24, 2.45) is 0 Å². The van der Waals surface area contributed by atoms with E-state index in [4.69, 9.17) is 4.74 Å². The summed E-state index contributed by atoms with van der Waals surface area (Å²) in [6.45, 7) is 0.303. The second-order valence-corrected chi connectivity index (χ2v) is 6.66. The number of carbonyl (C=O) groups is 1. The van der Waals surface area contributed by atoms with Gasteiger partial charge in [-0.05, 0) is 46.7 Å². The van der Waals surface area contributed by atoms with E-state index in [9.17, 15) is 14.9 Å². The van der Waals surface area contributed by atoms with Crippen LogP contribution in [0.3, 0.4) is 0 Å². The fourth-order valence-corrected chi connectivity index (χ4v) is 3.23. The van der Waals surface area contributed by atoms with Crippen molar-refractivity contribution < 1.29 is 14.5 Å². The van der Waals surface area contributed by atoms with E-state index in [1.165, 1.54) is 29.2 Å². The maximum absolute atomic E-state index is 12.6. The van der Waals surface area contributed by atoms with Crippen molar-refractivity contribution in [2.45, 2.75) is 6.54 Å². The highest BCUT2D eigenvalue weighted by Gasteiger charge is 2.18. The maximum Gasteiger partial charge on any atom is 0.294 e. The van der Waals surface area contributed by atoms with Gasteiger partial charge in [0.15, 0.2) is 0 Å². The Labute approximate surface area is 171 Å². The molecule has 1 aromatic heterocycles. The van der Waals surface area contributed by atoms with Gasteiger partial charge < -0.3 is 14.6 Å². The minimum absolute atomic E-state index is 0.166. The van der Waals surface area contributed by atoms with Crippen LogP contribution in [0.2, 0.25) is 0 Å². The zero-order valence-electron chi connectivity index (χ0n) is 16.1. The summed E-state index contributed by atoms with van der Waals surface area (Å²) in [6.07, 6.45) is 4.61. The van der Waals surface area contributed by atoms with E-state index < -0.39 is 4.92 Å². The number of nitro groups is 1. The minimum atomic E-state index is -0.510. The number of rotatable bonds is 6. The molecular formula is C22H18N4O4. The Balaban J connectivity index is 1.52. The second-order valence-electron chi connectivity index (χ2n) is 6.66. The van der Waals surface area contributed by atoms with Gasteiger partial charge in [0.25, 0.3) is 11.6 Å². The lowest BCUT2D eigenvalue weighted by Gasteiger charge is -2.09. The number of aromatic nitrogens is 2. The normalized spacial score (nSPS) is 10.7. The number of nitro benzene ring substituents is 1. The molecule has 1 heterocycles. The number of nitrogens with zero attached hydrogens (tertiary/aromatic N) is 3. The molecule has 8 heteroatoms. The summed E-state index contributed by atoms with van der Waals surface area (Å²) < 4.78 is 6.76. The molecule has 0 saturated carbocycles. The van der Waals surface area contributed by atoms with Crippen LogP contribution in [0.4, 0.5) is 5.69 Å². The summed E-state index contributed by atoms with van der Waals surface area (Å²) in [5, 5.41) is 16.4. The standard InChI is InChI=1S/C22H18N4O4/c1-30-19-6-4-16-10-15(2-3-17(16)11-19)13-24-22(27)18-5-7-20(21(12-18)26(28)29)25-9-8-23-14-25/h2-12,14H,13H2,1H3,(H,24,27). The van der Waals surface area contributed by atoms with Crippen LogP contribution in [-0.4, -0.2) is 27.5 Å². The predicted octanol–water partition coefficient (Wildman–Crippen LogP) is 3.87. The van der Waals surface area contributed by atoms with Gasteiger partial charge in [-0.3, -0.25) is 14.9 Å². The number of hydrogen-bond donors (Lipinski definition) is 1. The number of ether oxygens (including phenoxy) is 1. The van der Waals surface area contributed by atoms with Crippen molar-refractivity contribution in [3.8, 4) is 11.4 Å². The highest BCUT2D eigenvalue weighted by atomic mass is 16.6. The van der Waals surface area contributed by atoms with E-state index in [1.54, 1.807) is 19.4 Å². The van der Waals surface area contributed by atoms with Crippen molar-refractivity contribution >= 4 is 22.4 Å². The van der Waals surface area contributed by atoms with Crippen LogP contribution in [0.1, 0.15) is 15.9 Å². The van der Waals surface area contributed by atoms with Gasteiger partial charge in [0.05, 0.1) is 18.4 Å². The molecule has 0 radical (unpaired) electrons. The van der Waals surface area contributed by atoms with Crippen molar-refractivity contribution in [1.29, 1.82) is 0 Å². The summed E-state index contributed by atoms with van der Waals surface area (Å²) in [5.41, 5.74) is 1.32. The van der Waals surface area contributed by atoms with E-state index in [-0.39, 0.29) is 17.2 Å². The van der Waals surface area contributed by atoms with E-state index in [1.807, 2.05) is 36.4 Å². The summed E-state index contributed by atoms with van der Waals surface area (Å²) in [6, 6.07) is 16.0. The number of fused-ring (bicyclic) bond motifs is 1. The molecule has 0 aliphatic carbocycles. The van der Waals surface area contributed by atoms with Crippen molar-refractivity contribution in [1.82, 2.24) is 14.9 Å². The molecular weight excluding hydrogens is 384 g/mol. The SMILES string of the molecule is COc1ccc2cc(CNC(=O)c3ccc(-n4ccnc4)c([N+](=O)[O-])c3)ccc2c1. The molecule has 0 spiro atoms. The average molecular weight is 402 g/mol. The first-order valence-electron chi connectivity index (χ1n) is 9.17. The highest BCUT2D eigenvalue weighted by Crippen LogP contribution is 2.25. The summed E-state index contributed by atoms with van der Waals surface area (Å²) in [5.74, 6) is 0.398. The lowest BCUT2D eigenvalue weighted by Crippen LogP contribution is -2.23. The predicted molar refractivity (Wildman–Crippen MR) is 112 cm³/mol. The molecule has 0 aliphatic heterocycles. The Morgan fingerprint density at radius 2 is 1.93 bits per heavy atom. The third-order valence-corrected chi connectivity index (χ3v) is 4.78. The van der Waals surface area contributed by atoms with Crippen molar-refractivity contribution in [3.63, 3.8) is 0 Å². The zero-order chi connectivity index (χ0) is 21.1. The van der Waals surface area contributed by atoms with Gasteiger partial charge in [0.2, 0.25) is 0 Å². The number of imidazole rings is 1. The summed E-state index contributed by atoms with van der Waals surface area (Å²) in [4.78, 5) is 27.4. The van der Waals surface area contributed by atoms with Crippen LogP contribution in [-0.2, 0) is 6.54 Å². The molecule has 0 bridgehead atoms. The van der Waals surface area contributed by atoms with Crippen LogP contribution in [0.25, 0.3) is 16.5 Å². The summed E-state index contributed by atoms with van der Waals surface area (Å²) >= 11 is 0. The number of carbonyl (C=O) groups excluding carboxylic acids is 1. The third kappa shape index (κ3) is 3.83. The molecule has 0 aliphatic rings. The number of hydrogen-bond acceptors (Lipinski definition) is 5. The monoisotopic (exact) mass is 402 g/mol. The molecule has 30 heavy (non-hydrogen) atoms. The lowest BCUT2D eigenvalue weighted by atomic mass is 10.1. The number of nitrogens with one attached hydrogen (secondary N) is 1. The van der Waals surface area contributed by atoms with E-state index in [0.29, 0.717) is 12.2 Å². The van der Waals surface area contributed by atoms with Gasteiger partial charge in [-0.2, -0.15) is 0 Å². The van der Waals surface area contributed by atoms with E-state index >= 15 is 0 Å². The first-order chi connectivity index (χ1) is 14.5. The van der Waals surface area contributed by atoms with E-state index in [0.717, 1.165) is 22.1 Å². The van der Waals surface area contributed by atoms with Gasteiger partial charge in [-0.1, -0.05) is 18.2 Å². The average Bonchev–Trinajstić information content (AvgIpc) is 3.31. The van der Waals surface area contributed by atoms with Crippen LogP contribution in [0, 0.1) is 10.1 Å². The molecule has 150 valence electrons. The first-order valence-corrected chi connectivity index (χ1v) is 9.17. The second kappa shape index (κ2) is 8.04. The molecule has 1 N–H and O–H groups in total. The molecule has 0 saturated heterocycles. The molecule has 1 amide bonds. The topological polar surface area (TPSA) is 99.3 Å². The van der Waals surface area contributed by atoms with Crippen LogP contribution in [0.5, 0.6) is 5.75 Å². The molecule has 4 rings (SSSR count). The smallest absolute Gasteiger partial charge is 0.294 e. The van der Waals surface area contributed by atoms with Gasteiger partial charge in [0.1, 0.15) is 11.4 Å². The largest absolute Gasteiger partial charge is 0.497 e. The molecule has 4 aromatic rings. The van der Waals surface area contributed by atoms with Crippen molar-refractivity contribution in [3.05, 3.63) is 94.6 Å². The van der Waals surface area contributed by atoms with Crippen LogP contribution in [0.15, 0.2) is 73.3 Å². The zero-order valence-corrected chi connectivity index (χ0v) is 16.1. The quantitative estimate of drug-likeness (QED) is 0.390. The van der Waals surface area contributed by atoms with Gasteiger partial charge >= 0.3 is 0 Å². The first kappa shape index (κ1) is 19.1. The number of methoxy groups -OCH3 is 1. The van der Waals surface area contributed by atoms with Gasteiger partial charge in [-0.25, -0.2) is 4.98 Å². The molecule has 3 aromatic carbocycles.